The number of allylic oxidation sites excluding steroid dienone is 3. The summed E-state index contributed by atoms with van der Waals surface area (Å²) in [7, 11) is 0. The molecule has 0 aliphatic carbocycles. The van der Waals surface area contributed by atoms with Crippen molar-refractivity contribution in [3.63, 3.8) is 0 Å². The van der Waals surface area contributed by atoms with Gasteiger partial charge < -0.3 is 5.73 Å². The molecule has 0 aromatic heterocycles. The third kappa shape index (κ3) is 5.78. The monoisotopic (exact) mass is 307 g/mol. The van der Waals surface area contributed by atoms with Crippen LogP contribution >= 0.6 is 0 Å². The number of aryl methyl sites for hydroxylation is 2. The van der Waals surface area contributed by atoms with E-state index in [0.717, 1.165) is 12.8 Å². The van der Waals surface area contributed by atoms with Gasteiger partial charge in [0.05, 0.1) is 0 Å². The van der Waals surface area contributed by atoms with E-state index in [9.17, 15) is 0 Å². The summed E-state index contributed by atoms with van der Waals surface area (Å²) in [4.78, 5) is 0. The summed E-state index contributed by atoms with van der Waals surface area (Å²) in [5.41, 5.74) is 12.0. The van der Waals surface area contributed by atoms with Crippen molar-refractivity contribution in [2.75, 3.05) is 0 Å². The van der Waals surface area contributed by atoms with E-state index in [2.05, 4.69) is 62.4 Å². The molecule has 0 heterocycles. The molecule has 0 saturated carbocycles. The maximum absolute atomic E-state index is 5.62. The largest absolute Gasteiger partial charge is 0.405 e. The first-order valence-electron chi connectivity index (χ1n) is 8.47. The molecule has 0 atom stereocenters. The standard InChI is InChI=1S/C20H23N.C2H6/c1-3-17-10-12-20(16(2)15-17)19(13-14-21)11-9-18-7-5-4-6-8-18;1-2/h4-8,10-15H,3,9,21H2,1-2H3;1-2H3/b14-13-,19-11+;. The van der Waals surface area contributed by atoms with Crippen LogP contribution in [0.4, 0.5) is 0 Å². The zero-order chi connectivity index (χ0) is 17.1. The molecule has 0 aliphatic heterocycles. The number of hydrogen-bond donors (Lipinski definition) is 1. The van der Waals surface area contributed by atoms with Crippen molar-refractivity contribution in [2.24, 2.45) is 5.73 Å². The molecule has 0 aliphatic rings. The molecule has 0 bridgehead atoms. The van der Waals surface area contributed by atoms with Gasteiger partial charge in [-0.15, -0.1) is 0 Å². The first-order valence-corrected chi connectivity index (χ1v) is 8.47. The highest BCUT2D eigenvalue weighted by Crippen LogP contribution is 2.22. The average Bonchev–Trinajstić information content (AvgIpc) is 2.61. The van der Waals surface area contributed by atoms with Gasteiger partial charge in [-0.1, -0.05) is 75.4 Å². The molecule has 1 nitrogen and oxygen atoms in total. The lowest BCUT2D eigenvalue weighted by atomic mass is 9.96. The molecule has 0 radical (unpaired) electrons. The Kier molecular flexibility index (Phi) is 8.52. The summed E-state index contributed by atoms with van der Waals surface area (Å²) < 4.78 is 0. The van der Waals surface area contributed by atoms with Crippen molar-refractivity contribution >= 4 is 5.57 Å². The molecular weight excluding hydrogens is 278 g/mol. The highest BCUT2D eigenvalue weighted by atomic mass is 14.5. The van der Waals surface area contributed by atoms with E-state index < -0.39 is 0 Å². The van der Waals surface area contributed by atoms with Gasteiger partial charge in [-0.05, 0) is 59.9 Å². The molecule has 0 unspecified atom stereocenters. The van der Waals surface area contributed by atoms with Crippen LogP contribution in [-0.2, 0) is 12.8 Å². The Hall–Kier alpha value is -2.28. The van der Waals surface area contributed by atoms with Gasteiger partial charge in [0.15, 0.2) is 0 Å². The molecule has 122 valence electrons. The van der Waals surface area contributed by atoms with Crippen LogP contribution in [-0.4, -0.2) is 0 Å². The Labute approximate surface area is 141 Å². The second-order valence-electron chi connectivity index (χ2n) is 5.21. The van der Waals surface area contributed by atoms with Crippen molar-refractivity contribution in [3.05, 3.63) is 89.1 Å². The SMILES string of the molecule is CC.CCc1ccc(C(/C=C\N)=C/Cc2ccccc2)c(C)c1. The highest BCUT2D eigenvalue weighted by molar-refractivity contribution is 5.76. The fraction of sp³-hybridized carbons (Fsp3) is 0.273. The molecular formula is C22H29N. The summed E-state index contributed by atoms with van der Waals surface area (Å²) in [5.74, 6) is 0. The van der Waals surface area contributed by atoms with Crippen LogP contribution in [0.15, 0.2) is 66.9 Å². The Morgan fingerprint density at radius 2 is 1.70 bits per heavy atom. The Balaban J connectivity index is 0.00000127. The van der Waals surface area contributed by atoms with Crippen LogP contribution in [0.1, 0.15) is 43.0 Å². The third-order valence-electron chi connectivity index (χ3n) is 3.69. The van der Waals surface area contributed by atoms with Crippen LogP contribution in [0.2, 0.25) is 0 Å². The Morgan fingerprint density at radius 1 is 1.00 bits per heavy atom. The zero-order valence-corrected chi connectivity index (χ0v) is 14.8. The fourth-order valence-electron chi connectivity index (χ4n) is 2.48. The van der Waals surface area contributed by atoms with Crippen LogP contribution < -0.4 is 5.73 Å². The second kappa shape index (κ2) is 10.4. The van der Waals surface area contributed by atoms with Gasteiger partial charge in [0.2, 0.25) is 0 Å². The van der Waals surface area contributed by atoms with Crippen molar-refractivity contribution in [1.82, 2.24) is 0 Å². The van der Waals surface area contributed by atoms with Gasteiger partial charge in [0.25, 0.3) is 0 Å². The Bertz CT molecular complexity index is 636. The normalized spacial score (nSPS) is 11.2. The molecule has 23 heavy (non-hydrogen) atoms. The lowest BCUT2D eigenvalue weighted by molar-refractivity contribution is 1.13. The summed E-state index contributed by atoms with van der Waals surface area (Å²) in [5, 5.41) is 0. The number of rotatable bonds is 5. The maximum Gasteiger partial charge on any atom is -0.00563 e. The van der Waals surface area contributed by atoms with E-state index in [0.29, 0.717) is 0 Å². The van der Waals surface area contributed by atoms with E-state index in [-0.39, 0.29) is 0 Å². The topological polar surface area (TPSA) is 26.0 Å². The number of benzene rings is 2. The quantitative estimate of drug-likeness (QED) is 0.706. The van der Waals surface area contributed by atoms with E-state index >= 15 is 0 Å². The molecule has 0 spiro atoms. The molecule has 2 aromatic carbocycles. The van der Waals surface area contributed by atoms with Gasteiger partial charge in [0, 0.05) is 0 Å². The lowest BCUT2D eigenvalue weighted by Gasteiger charge is -2.09. The predicted molar refractivity (Wildman–Crippen MR) is 103 cm³/mol. The summed E-state index contributed by atoms with van der Waals surface area (Å²) in [6.45, 7) is 8.34. The minimum Gasteiger partial charge on any atom is -0.405 e. The molecule has 0 fully saturated rings. The molecule has 1 heteroatoms. The van der Waals surface area contributed by atoms with Crippen LogP contribution in [0, 0.1) is 6.92 Å². The molecule has 2 aromatic rings. The van der Waals surface area contributed by atoms with Gasteiger partial charge in [0.1, 0.15) is 0 Å². The van der Waals surface area contributed by atoms with Crippen LogP contribution in [0.25, 0.3) is 5.57 Å². The van der Waals surface area contributed by atoms with Crippen molar-refractivity contribution in [1.29, 1.82) is 0 Å². The fourth-order valence-corrected chi connectivity index (χ4v) is 2.48. The van der Waals surface area contributed by atoms with E-state index in [1.807, 2.05) is 26.0 Å². The van der Waals surface area contributed by atoms with Crippen LogP contribution in [0.5, 0.6) is 0 Å². The minimum absolute atomic E-state index is 0.912. The first-order chi connectivity index (χ1) is 11.2. The van der Waals surface area contributed by atoms with Crippen molar-refractivity contribution in [2.45, 2.75) is 40.5 Å². The van der Waals surface area contributed by atoms with E-state index in [1.165, 1.54) is 27.8 Å². The third-order valence-corrected chi connectivity index (χ3v) is 3.69. The first kappa shape index (κ1) is 18.8. The molecule has 0 amide bonds. The summed E-state index contributed by atoms with van der Waals surface area (Å²) in [6.07, 6.45) is 7.82. The molecule has 0 saturated heterocycles. The van der Waals surface area contributed by atoms with Gasteiger partial charge in [-0.2, -0.15) is 0 Å². The smallest absolute Gasteiger partial charge is 0.00563 e. The summed E-state index contributed by atoms with van der Waals surface area (Å²) in [6, 6.07) is 17.1. The minimum atomic E-state index is 0.912. The van der Waals surface area contributed by atoms with E-state index in [1.54, 1.807) is 6.20 Å². The number of hydrogen-bond acceptors (Lipinski definition) is 1. The highest BCUT2D eigenvalue weighted by Gasteiger charge is 2.03. The van der Waals surface area contributed by atoms with E-state index in [4.69, 9.17) is 5.73 Å². The molecule has 2 N–H and O–H groups in total. The second-order valence-corrected chi connectivity index (χ2v) is 5.21. The predicted octanol–water partition coefficient (Wildman–Crippen LogP) is 5.68. The average molecular weight is 307 g/mol. The van der Waals surface area contributed by atoms with Gasteiger partial charge >= 0.3 is 0 Å². The zero-order valence-electron chi connectivity index (χ0n) is 14.8. The van der Waals surface area contributed by atoms with Crippen molar-refractivity contribution < 1.29 is 0 Å². The van der Waals surface area contributed by atoms with Gasteiger partial charge in [-0.3, -0.25) is 0 Å². The van der Waals surface area contributed by atoms with Crippen molar-refractivity contribution in [3.8, 4) is 0 Å². The maximum atomic E-state index is 5.62. The Morgan fingerprint density at radius 3 is 2.26 bits per heavy atom. The summed E-state index contributed by atoms with van der Waals surface area (Å²) >= 11 is 0. The molecule has 2 rings (SSSR count). The van der Waals surface area contributed by atoms with Crippen LogP contribution in [0.3, 0.4) is 0 Å². The number of nitrogens with two attached hydrogens (primary N) is 1. The van der Waals surface area contributed by atoms with Gasteiger partial charge in [-0.25, -0.2) is 0 Å². The lowest BCUT2D eigenvalue weighted by Crippen LogP contribution is -1.92.